The predicted octanol–water partition coefficient (Wildman–Crippen LogP) is 1.21. The van der Waals surface area contributed by atoms with E-state index in [9.17, 15) is 5.11 Å². The van der Waals surface area contributed by atoms with Crippen molar-refractivity contribution in [1.82, 2.24) is 9.97 Å². The van der Waals surface area contributed by atoms with Crippen LogP contribution in [0.2, 0.25) is 0 Å². The highest BCUT2D eigenvalue weighted by Crippen LogP contribution is 2.30. The van der Waals surface area contributed by atoms with Crippen molar-refractivity contribution in [3.63, 3.8) is 0 Å². The van der Waals surface area contributed by atoms with E-state index >= 15 is 0 Å². The molecule has 1 aliphatic heterocycles. The molecule has 0 aliphatic carbocycles. The predicted molar refractivity (Wildman–Crippen MR) is 63.7 cm³/mol. The molecule has 1 aliphatic rings. The zero-order valence-electron chi connectivity index (χ0n) is 9.27. The monoisotopic (exact) mass is 287 g/mol. The van der Waals surface area contributed by atoms with Crippen LogP contribution in [0.25, 0.3) is 0 Å². The van der Waals surface area contributed by atoms with Gasteiger partial charge in [-0.2, -0.15) is 4.98 Å². The minimum absolute atomic E-state index is 0.511. The summed E-state index contributed by atoms with van der Waals surface area (Å²) in [5.41, 5.74) is -0.580. The Morgan fingerprint density at radius 1 is 1.62 bits per heavy atom. The Hall–Kier alpha value is -0.880. The van der Waals surface area contributed by atoms with Gasteiger partial charge >= 0.3 is 0 Å². The number of anilines is 1. The van der Waals surface area contributed by atoms with Crippen LogP contribution in [0.1, 0.15) is 13.3 Å². The lowest BCUT2D eigenvalue weighted by molar-refractivity contribution is 0.00749. The summed E-state index contributed by atoms with van der Waals surface area (Å²) in [6.45, 7) is 3.13. The van der Waals surface area contributed by atoms with E-state index in [-0.39, 0.29) is 0 Å². The molecule has 1 N–H and O–H groups in total. The number of hydrogen-bond donors (Lipinski definition) is 1. The summed E-state index contributed by atoms with van der Waals surface area (Å²) < 4.78 is 5.82. The maximum atomic E-state index is 9.89. The van der Waals surface area contributed by atoms with Gasteiger partial charge in [-0.15, -0.1) is 0 Å². The van der Waals surface area contributed by atoms with Crippen molar-refractivity contribution in [2.45, 2.75) is 18.9 Å². The highest BCUT2D eigenvalue weighted by atomic mass is 79.9. The second-order valence-electron chi connectivity index (χ2n) is 3.96. The molecule has 6 heteroatoms. The third-order valence-corrected chi connectivity index (χ3v) is 3.35. The number of nitrogens with zero attached hydrogens (tertiary/aromatic N) is 3. The van der Waals surface area contributed by atoms with Gasteiger partial charge in [-0.05, 0) is 22.4 Å². The first kappa shape index (κ1) is 11.6. The quantitative estimate of drug-likeness (QED) is 0.906. The third-order valence-electron chi connectivity index (χ3n) is 2.80. The first-order valence-corrected chi connectivity index (χ1v) is 5.91. The Morgan fingerprint density at radius 2 is 2.31 bits per heavy atom. The third kappa shape index (κ3) is 1.99. The number of halogens is 1. The van der Waals surface area contributed by atoms with Crippen LogP contribution in [-0.4, -0.2) is 40.9 Å². The molecule has 0 amide bonds. The van der Waals surface area contributed by atoms with Crippen molar-refractivity contribution < 1.29 is 9.84 Å². The van der Waals surface area contributed by atoms with Gasteiger partial charge in [-0.1, -0.05) is 6.92 Å². The normalized spacial score (nSPS) is 18.1. The van der Waals surface area contributed by atoms with Gasteiger partial charge in [0.15, 0.2) is 0 Å². The molecule has 1 saturated heterocycles. The van der Waals surface area contributed by atoms with Gasteiger partial charge < -0.3 is 14.7 Å². The second kappa shape index (κ2) is 4.18. The Labute approximate surface area is 103 Å². The number of ether oxygens (including phenoxy) is 1. The van der Waals surface area contributed by atoms with E-state index in [0.717, 1.165) is 10.9 Å². The topological polar surface area (TPSA) is 58.5 Å². The molecule has 2 heterocycles. The number of hydrogen-bond acceptors (Lipinski definition) is 5. The first-order valence-electron chi connectivity index (χ1n) is 5.12. The lowest BCUT2D eigenvalue weighted by Crippen LogP contribution is -2.62. The molecule has 1 aromatic rings. The van der Waals surface area contributed by atoms with E-state index in [1.165, 1.54) is 0 Å². The van der Waals surface area contributed by atoms with Gasteiger partial charge in [0.25, 0.3) is 0 Å². The van der Waals surface area contributed by atoms with E-state index in [4.69, 9.17) is 4.74 Å². The second-order valence-corrected chi connectivity index (χ2v) is 4.82. The molecule has 0 spiro atoms. The summed E-state index contributed by atoms with van der Waals surface area (Å²) in [4.78, 5) is 10.4. The minimum Gasteiger partial charge on any atom is -0.480 e. The number of aliphatic hydroxyl groups is 1. The van der Waals surface area contributed by atoms with Crippen LogP contribution in [-0.2, 0) is 0 Å². The lowest BCUT2D eigenvalue weighted by atomic mass is 9.92. The lowest BCUT2D eigenvalue weighted by Gasteiger charge is -2.46. The molecule has 0 unspecified atom stereocenters. The Bertz CT molecular complexity index is 394. The molecule has 0 aromatic carbocycles. The molecule has 88 valence electrons. The molecule has 2 rings (SSSR count). The highest BCUT2D eigenvalue weighted by Gasteiger charge is 2.40. The molecule has 16 heavy (non-hydrogen) atoms. The number of methoxy groups -OCH3 is 1. The average molecular weight is 288 g/mol. The summed E-state index contributed by atoms with van der Waals surface area (Å²) in [7, 11) is 1.56. The fourth-order valence-electron chi connectivity index (χ4n) is 1.67. The zero-order chi connectivity index (χ0) is 11.8. The molecule has 1 aromatic heterocycles. The van der Waals surface area contributed by atoms with Crippen LogP contribution in [0.15, 0.2) is 10.7 Å². The molecule has 1 fully saturated rings. The van der Waals surface area contributed by atoms with E-state index in [1.54, 1.807) is 13.3 Å². The Balaban J connectivity index is 2.12. The van der Waals surface area contributed by atoms with Crippen LogP contribution in [0.3, 0.4) is 0 Å². The van der Waals surface area contributed by atoms with E-state index in [0.29, 0.717) is 24.9 Å². The number of rotatable bonds is 3. The van der Waals surface area contributed by atoms with Gasteiger partial charge in [0.05, 0.1) is 36.5 Å². The zero-order valence-corrected chi connectivity index (χ0v) is 10.9. The van der Waals surface area contributed by atoms with Crippen LogP contribution < -0.4 is 9.64 Å². The van der Waals surface area contributed by atoms with E-state index < -0.39 is 5.60 Å². The van der Waals surface area contributed by atoms with E-state index in [1.807, 2.05) is 11.8 Å². The minimum atomic E-state index is -0.580. The van der Waals surface area contributed by atoms with Gasteiger partial charge in [0.2, 0.25) is 11.8 Å². The van der Waals surface area contributed by atoms with Crippen molar-refractivity contribution in [2.75, 3.05) is 25.1 Å². The summed E-state index contributed by atoms with van der Waals surface area (Å²) in [5, 5.41) is 9.89. The summed E-state index contributed by atoms with van der Waals surface area (Å²) in [6, 6.07) is 0. The van der Waals surface area contributed by atoms with Crippen LogP contribution in [0, 0.1) is 0 Å². The van der Waals surface area contributed by atoms with Crippen molar-refractivity contribution in [1.29, 1.82) is 0 Å². The molecule has 0 atom stereocenters. The fourth-order valence-corrected chi connectivity index (χ4v) is 2.02. The SMILES string of the molecule is CCC1(O)CN(c2ncc(Br)c(OC)n2)C1. The van der Waals surface area contributed by atoms with Crippen LogP contribution in [0.4, 0.5) is 5.95 Å². The fraction of sp³-hybridized carbons (Fsp3) is 0.600. The molecular formula is C10H14BrN3O2. The van der Waals surface area contributed by atoms with Gasteiger partial charge in [0, 0.05) is 0 Å². The molecular weight excluding hydrogens is 274 g/mol. The summed E-state index contributed by atoms with van der Waals surface area (Å²) >= 11 is 3.30. The van der Waals surface area contributed by atoms with Crippen molar-refractivity contribution in [3.05, 3.63) is 10.7 Å². The van der Waals surface area contributed by atoms with Crippen molar-refractivity contribution >= 4 is 21.9 Å². The van der Waals surface area contributed by atoms with Crippen LogP contribution in [0.5, 0.6) is 5.88 Å². The Kier molecular flexibility index (Phi) is 3.03. The number of aromatic nitrogens is 2. The standard InChI is InChI=1S/C10H14BrN3O2/c1-3-10(15)5-14(6-10)9-12-4-7(11)8(13-9)16-2/h4,15H,3,5-6H2,1-2H3. The molecule has 0 bridgehead atoms. The average Bonchev–Trinajstić information content (AvgIpc) is 2.26. The van der Waals surface area contributed by atoms with Gasteiger partial charge in [-0.3, -0.25) is 0 Å². The largest absolute Gasteiger partial charge is 0.480 e. The smallest absolute Gasteiger partial charge is 0.232 e. The van der Waals surface area contributed by atoms with Crippen molar-refractivity contribution in [2.24, 2.45) is 0 Å². The molecule has 0 saturated carbocycles. The molecule has 5 nitrogen and oxygen atoms in total. The van der Waals surface area contributed by atoms with Gasteiger partial charge in [0.1, 0.15) is 0 Å². The Morgan fingerprint density at radius 3 is 2.88 bits per heavy atom. The molecule has 0 radical (unpaired) electrons. The summed E-state index contributed by atoms with van der Waals surface area (Å²) in [6.07, 6.45) is 2.40. The number of β-amino-alcohol motifs (C(OH)–C–C–N with tert-alkyl or cyclic N) is 1. The maximum Gasteiger partial charge on any atom is 0.232 e. The summed E-state index contributed by atoms with van der Waals surface area (Å²) in [5.74, 6) is 1.11. The highest BCUT2D eigenvalue weighted by molar-refractivity contribution is 9.10. The van der Waals surface area contributed by atoms with Crippen LogP contribution >= 0.6 is 15.9 Å². The van der Waals surface area contributed by atoms with E-state index in [2.05, 4.69) is 25.9 Å². The van der Waals surface area contributed by atoms with Gasteiger partial charge in [-0.25, -0.2) is 4.98 Å². The van der Waals surface area contributed by atoms with Crippen molar-refractivity contribution in [3.8, 4) is 5.88 Å². The first-order chi connectivity index (χ1) is 7.58. The maximum absolute atomic E-state index is 9.89.